The van der Waals surface area contributed by atoms with Crippen molar-refractivity contribution in [3.8, 4) is 0 Å². The standard InChI is InChI=1S/C20H38N2O7.3C2H6/c1-4-6-21-19(24)5-8-26-10-12-28-14-15-29-13-11-27-9-7-22(3)20(25)16-18(2)17-23;3*1-2/h17-18H,4-16H2,1-3H3,(H,21,24);3*1-2H3. The minimum Gasteiger partial charge on any atom is -0.379 e. The number of rotatable bonds is 20. The second-order valence-electron chi connectivity index (χ2n) is 6.68. The third kappa shape index (κ3) is 34.7. The van der Waals surface area contributed by atoms with Crippen LogP contribution in [0.3, 0.4) is 0 Å². The summed E-state index contributed by atoms with van der Waals surface area (Å²) in [5, 5.41) is 2.79. The lowest BCUT2D eigenvalue weighted by Gasteiger charge is -2.18. The number of likely N-dealkylation sites (N-methyl/N-ethyl adjacent to an activating group) is 1. The van der Waals surface area contributed by atoms with Gasteiger partial charge in [-0.2, -0.15) is 0 Å². The zero-order valence-electron chi connectivity index (χ0n) is 24.2. The van der Waals surface area contributed by atoms with Crippen LogP contribution in [-0.4, -0.2) is 96.0 Å². The molecule has 0 spiro atoms. The Morgan fingerprint density at radius 1 is 0.800 bits per heavy atom. The minimum atomic E-state index is -0.259. The Balaban J connectivity index is -0.000000737. The molecular formula is C26H56N2O7. The van der Waals surface area contributed by atoms with Crippen LogP contribution in [0.2, 0.25) is 0 Å². The van der Waals surface area contributed by atoms with Gasteiger partial charge < -0.3 is 34.0 Å². The summed E-state index contributed by atoms with van der Waals surface area (Å²) >= 11 is 0. The topological polar surface area (TPSA) is 103 Å². The van der Waals surface area contributed by atoms with Crippen LogP contribution in [0.15, 0.2) is 0 Å². The smallest absolute Gasteiger partial charge is 0.223 e. The molecule has 0 rings (SSSR count). The van der Waals surface area contributed by atoms with Gasteiger partial charge in [-0.3, -0.25) is 9.59 Å². The lowest BCUT2D eigenvalue weighted by molar-refractivity contribution is -0.132. The summed E-state index contributed by atoms with van der Waals surface area (Å²) in [6.07, 6.45) is 2.30. The van der Waals surface area contributed by atoms with E-state index in [-0.39, 0.29) is 24.2 Å². The summed E-state index contributed by atoms with van der Waals surface area (Å²) in [6, 6.07) is 0. The number of hydrogen-bond acceptors (Lipinski definition) is 7. The van der Waals surface area contributed by atoms with Crippen molar-refractivity contribution in [3.05, 3.63) is 0 Å². The third-order valence-corrected chi connectivity index (χ3v) is 3.89. The van der Waals surface area contributed by atoms with E-state index in [0.717, 1.165) is 12.7 Å². The third-order valence-electron chi connectivity index (χ3n) is 3.89. The van der Waals surface area contributed by atoms with Crippen LogP contribution < -0.4 is 5.32 Å². The summed E-state index contributed by atoms with van der Waals surface area (Å²) in [4.78, 5) is 35.2. The predicted molar refractivity (Wildman–Crippen MR) is 143 cm³/mol. The van der Waals surface area contributed by atoms with Crippen molar-refractivity contribution in [1.82, 2.24) is 10.2 Å². The predicted octanol–water partition coefficient (Wildman–Crippen LogP) is 3.73. The number of nitrogens with one attached hydrogen (secondary N) is 1. The first-order valence-corrected chi connectivity index (χ1v) is 13.3. The molecule has 0 saturated carbocycles. The number of hydrogen-bond donors (Lipinski definition) is 1. The van der Waals surface area contributed by atoms with Crippen LogP contribution in [0.5, 0.6) is 0 Å². The van der Waals surface area contributed by atoms with Gasteiger partial charge in [0.25, 0.3) is 0 Å². The Morgan fingerprint density at radius 2 is 1.23 bits per heavy atom. The van der Waals surface area contributed by atoms with Crippen LogP contribution >= 0.6 is 0 Å². The van der Waals surface area contributed by atoms with Gasteiger partial charge in [-0.15, -0.1) is 0 Å². The molecule has 0 saturated heterocycles. The maximum absolute atomic E-state index is 11.8. The van der Waals surface area contributed by atoms with E-state index in [2.05, 4.69) is 5.32 Å². The van der Waals surface area contributed by atoms with Crippen LogP contribution in [0.4, 0.5) is 0 Å². The molecule has 0 aliphatic heterocycles. The Kier molecular flexibility index (Phi) is 42.9. The molecule has 0 aromatic rings. The fourth-order valence-electron chi connectivity index (χ4n) is 2.09. The highest BCUT2D eigenvalue weighted by atomic mass is 16.6. The number of ether oxygens (including phenoxy) is 4. The maximum Gasteiger partial charge on any atom is 0.223 e. The van der Waals surface area contributed by atoms with E-state index < -0.39 is 0 Å². The van der Waals surface area contributed by atoms with Gasteiger partial charge >= 0.3 is 0 Å². The van der Waals surface area contributed by atoms with Gasteiger partial charge in [0, 0.05) is 38.9 Å². The fraction of sp³-hybridized carbons (Fsp3) is 0.885. The zero-order chi connectivity index (χ0) is 27.7. The second kappa shape index (κ2) is 37.0. The van der Waals surface area contributed by atoms with Gasteiger partial charge in [0.1, 0.15) is 6.29 Å². The molecule has 35 heavy (non-hydrogen) atoms. The van der Waals surface area contributed by atoms with Gasteiger partial charge in [-0.25, -0.2) is 0 Å². The first kappa shape index (κ1) is 40.6. The molecule has 9 heteroatoms. The highest BCUT2D eigenvalue weighted by molar-refractivity contribution is 5.78. The quantitative estimate of drug-likeness (QED) is 0.197. The lowest BCUT2D eigenvalue weighted by atomic mass is 10.1. The van der Waals surface area contributed by atoms with Gasteiger partial charge in [-0.1, -0.05) is 55.4 Å². The first-order chi connectivity index (χ1) is 17.0. The minimum absolute atomic E-state index is 0.00845. The molecule has 1 N–H and O–H groups in total. The monoisotopic (exact) mass is 508 g/mol. The number of carbonyl (C=O) groups is 3. The molecule has 0 radical (unpaired) electrons. The first-order valence-electron chi connectivity index (χ1n) is 13.3. The van der Waals surface area contributed by atoms with Gasteiger partial charge in [-0.05, 0) is 6.42 Å². The average Bonchev–Trinajstić information content (AvgIpc) is 2.90. The summed E-state index contributed by atoms with van der Waals surface area (Å²) in [6.45, 7) is 20.4. The number of amides is 2. The number of carbonyl (C=O) groups excluding carboxylic acids is 3. The van der Waals surface area contributed by atoms with Crippen molar-refractivity contribution in [3.63, 3.8) is 0 Å². The van der Waals surface area contributed by atoms with Crippen molar-refractivity contribution in [2.75, 3.05) is 73.0 Å². The van der Waals surface area contributed by atoms with E-state index in [9.17, 15) is 14.4 Å². The fourth-order valence-corrected chi connectivity index (χ4v) is 2.09. The summed E-state index contributed by atoms with van der Waals surface area (Å²) in [7, 11) is 1.70. The van der Waals surface area contributed by atoms with Gasteiger partial charge in [0.2, 0.25) is 11.8 Å². The normalized spacial score (nSPS) is 10.3. The lowest BCUT2D eigenvalue weighted by Crippen LogP contribution is -2.31. The maximum atomic E-state index is 11.8. The molecule has 9 nitrogen and oxygen atoms in total. The van der Waals surface area contributed by atoms with E-state index >= 15 is 0 Å². The Hall–Kier alpha value is -1.55. The van der Waals surface area contributed by atoms with Crippen molar-refractivity contribution >= 4 is 18.1 Å². The van der Waals surface area contributed by atoms with Crippen LogP contribution in [0.25, 0.3) is 0 Å². The number of aldehydes is 1. The van der Waals surface area contributed by atoms with E-state index in [1.54, 1.807) is 18.9 Å². The molecule has 2 amide bonds. The molecule has 0 aliphatic carbocycles. The van der Waals surface area contributed by atoms with Crippen molar-refractivity contribution in [1.29, 1.82) is 0 Å². The molecule has 0 bridgehead atoms. The summed E-state index contributed by atoms with van der Waals surface area (Å²) in [5.41, 5.74) is 0. The van der Waals surface area contributed by atoms with E-state index in [1.165, 1.54) is 0 Å². The van der Waals surface area contributed by atoms with Crippen molar-refractivity contribution < 1.29 is 33.3 Å². The van der Waals surface area contributed by atoms with Gasteiger partial charge in [0.15, 0.2) is 0 Å². The Bertz CT molecular complexity index is 438. The highest BCUT2D eigenvalue weighted by Gasteiger charge is 2.12. The molecule has 0 heterocycles. The molecule has 0 aromatic carbocycles. The molecule has 0 aromatic heterocycles. The summed E-state index contributed by atoms with van der Waals surface area (Å²) < 4.78 is 21.5. The van der Waals surface area contributed by atoms with Crippen LogP contribution in [0, 0.1) is 5.92 Å². The van der Waals surface area contributed by atoms with E-state index in [4.69, 9.17) is 18.9 Å². The molecule has 1 atom stereocenters. The average molecular weight is 509 g/mol. The second-order valence-corrected chi connectivity index (χ2v) is 6.68. The highest BCUT2D eigenvalue weighted by Crippen LogP contribution is 2.01. The SMILES string of the molecule is CC.CC.CC.CCCNC(=O)CCOCCOCCOCCOCCN(C)C(=O)CC(C)C=O. The molecule has 212 valence electrons. The van der Waals surface area contributed by atoms with E-state index in [1.807, 2.05) is 48.5 Å². The molecule has 1 unspecified atom stereocenters. The molecule has 0 fully saturated rings. The van der Waals surface area contributed by atoms with Crippen molar-refractivity contribution in [2.24, 2.45) is 5.92 Å². The Morgan fingerprint density at radius 3 is 1.66 bits per heavy atom. The molecule has 0 aliphatic rings. The van der Waals surface area contributed by atoms with Gasteiger partial charge in [0.05, 0.1) is 52.9 Å². The Labute approximate surface area is 215 Å². The summed E-state index contributed by atoms with van der Waals surface area (Å²) in [5.74, 6) is -0.315. The number of nitrogens with zero attached hydrogens (tertiary/aromatic N) is 1. The molecular weight excluding hydrogens is 452 g/mol. The van der Waals surface area contributed by atoms with E-state index in [0.29, 0.717) is 72.4 Å². The van der Waals surface area contributed by atoms with Crippen molar-refractivity contribution in [2.45, 2.75) is 74.7 Å². The van der Waals surface area contributed by atoms with Crippen LogP contribution in [-0.2, 0) is 33.3 Å². The zero-order valence-corrected chi connectivity index (χ0v) is 24.2. The largest absolute Gasteiger partial charge is 0.379 e. The van der Waals surface area contributed by atoms with Crippen LogP contribution in [0.1, 0.15) is 74.7 Å².